The molecule has 140 valence electrons. The van der Waals surface area contributed by atoms with Crippen LogP contribution >= 0.6 is 46.4 Å². The van der Waals surface area contributed by atoms with Gasteiger partial charge in [0.05, 0.1) is 11.4 Å². The highest BCUT2D eigenvalue weighted by atomic mass is 35.5. The average molecular weight is 441 g/mol. The highest BCUT2D eigenvalue weighted by Crippen LogP contribution is 2.32. The molecule has 0 spiro atoms. The van der Waals surface area contributed by atoms with E-state index in [0.717, 1.165) is 48.6 Å². The smallest absolute Gasteiger partial charge is 0.133 e. The van der Waals surface area contributed by atoms with E-state index >= 15 is 0 Å². The summed E-state index contributed by atoms with van der Waals surface area (Å²) >= 11 is 24.8. The summed E-state index contributed by atoms with van der Waals surface area (Å²) in [7, 11) is 0. The molecule has 27 heavy (non-hydrogen) atoms. The van der Waals surface area contributed by atoms with Gasteiger partial charge in [-0.2, -0.15) is 5.10 Å². The highest BCUT2D eigenvalue weighted by molar-refractivity contribution is 6.35. The van der Waals surface area contributed by atoms with Gasteiger partial charge in [-0.3, -0.25) is 0 Å². The molecule has 0 aliphatic carbocycles. The minimum atomic E-state index is 0.581. The number of fused-ring (bicyclic) bond motifs is 1. The van der Waals surface area contributed by atoms with Crippen LogP contribution in [-0.2, 0) is 12.8 Å². The van der Waals surface area contributed by atoms with Crippen molar-refractivity contribution in [2.75, 3.05) is 11.9 Å². The van der Waals surface area contributed by atoms with Crippen molar-refractivity contribution in [3.8, 4) is 5.69 Å². The third-order valence-corrected chi connectivity index (χ3v) is 5.70. The van der Waals surface area contributed by atoms with E-state index in [1.807, 2.05) is 28.9 Å². The van der Waals surface area contributed by atoms with Crippen molar-refractivity contribution >= 4 is 52.2 Å². The first kappa shape index (κ1) is 18.9. The number of aromatic nitrogens is 2. The van der Waals surface area contributed by atoms with Crippen molar-refractivity contribution < 1.29 is 0 Å². The lowest BCUT2D eigenvalue weighted by molar-refractivity contribution is 0.767. The van der Waals surface area contributed by atoms with E-state index in [2.05, 4.69) is 5.32 Å². The number of benzene rings is 2. The molecule has 1 aliphatic heterocycles. The molecular formula is C20H17Cl4N3. The van der Waals surface area contributed by atoms with Crippen molar-refractivity contribution in [3.63, 3.8) is 0 Å². The quantitative estimate of drug-likeness (QED) is 0.483. The third kappa shape index (κ3) is 4.07. The van der Waals surface area contributed by atoms with Gasteiger partial charge in [0.25, 0.3) is 0 Å². The largest absolute Gasteiger partial charge is 0.370 e. The van der Waals surface area contributed by atoms with Crippen molar-refractivity contribution in [1.82, 2.24) is 9.78 Å². The number of anilines is 1. The molecule has 1 N–H and O–H groups in total. The van der Waals surface area contributed by atoms with E-state index in [4.69, 9.17) is 51.5 Å². The first-order chi connectivity index (χ1) is 13.0. The molecule has 0 fully saturated rings. The number of nitrogens with one attached hydrogen (secondary N) is 1. The normalized spacial score (nSPS) is 13.8. The van der Waals surface area contributed by atoms with E-state index in [-0.39, 0.29) is 0 Å². The minimum Gasteiger partial charge on any atom is -0.370 e. The SMILES string of the molecule is Clc1cc(Cl)cc(-n2nc(Cc3ccc(Cl)cc3Cl)c3c2NCCCC3)c1. The van der Waals surface area contributed by atoms with Gasteiger partial charge < -0.3 is 5.32 Å². The summed E-state index contributed by atoms with van der Waals surface area (Å²) in [6, 6.07) is 11.0. The first-order valence-corrected chi connectivity index (χ1v) is 10.3. The molecule has 0 atom stereocenters. The maximum absolute atomic E-state index is 6.39. The van der Waals surface area contributed by atoms with Crippen LogP contribution in [0.4, 0.5) is 5.82 Å². The fourth-order valence-corrected chi connectivity index (χ4v) is 4.40. The van der Waals surface area contributed by atoms with Crippen LogP contribution in [-0.4, -0.2) is 16.3 Å². The number of rotatable bonds is 3. The Morgan fingerprint density at radius 3 is 2.44 bits per heavy atom. The summed E-state index contributed by atoms with van der Waals surface area (Å²) < 4.78 is 1.90. The second-order valence-corrected chi connectivity index (χ2v) is 8.33. The summed E-state index contributed by atoms with van der Waals surface area (Å²) in [5.74, 6) is 1.01. The minimum absolute atomic E-state index is 0.581. The van der Waals surface area contributed by atoms with Gasteiger partial charge in [-0.1, -0.05) is 52.5 Å². The summed E-state index contributed by atoms with van der Waals surface area (Å²) in [4.78, 5) is 0. The zero-order chi connectivity index (χ0) is 19.0. The molecule has 0 saturated heterocycles. The molecule has 2 heterocycles. The first-order valence-electron chi connectivity index (χ1n) is 8.76. The van der Waals surface area contributed by atoms with E-state index in [9.17, 15) is 0 Å². The lowest BCUT2D eigenvalue weighted by Crippen LogP contribution is -2.07. The Hall–Kier alpha value is -1.39. The van der Waals surface area contributed by atoms with Crippen LogP contribution in [0.3, 0.4) is 0 Å². The third-order valence-electron chi connectivity index (χ3n) is 4.68. The van der Waals surface area contributed by atoms with Crippen LogP contribution in [0.1, 0.15) is 29.7 Å². The zero-order valence-corrected chi connectivity index (χ0v) is 17.4. The molecule has 4 rings (SSSR count). The van der Waals surface area contributed by atoms with E-state index < -0.39 is 0 Å². The molecule has 1 aromatic heterocycles. The molecule has 7 heteroatoms. The molecule has 0 bridgehead atoms. The Balaban J connectivity index is 1.81. The van der Waals surface area contributed by atoms with Crippen molar-refractivity contribution in [3.05, 3.63) is 73.3 Å². The highest BCUT2D eigenvalue weighted by Gasteiger charge is 2.21. The van der Waals surface area contributed by atoms with E-state index in [1.165, 1.54) is 5.56 Å². The topological polar surface area (TPSA) is 29.9 Å². The second-order valence-electron chi connectivity index (χ2n) is 6.61. The van der Waals surface area contributed by atoms with Gasteiger partial charge in [0.15, 0.2) is 0 Å². The fraction of sp³-hybridized carbons (Fsp3) is 0.250. The second kappa shape index (κ2) is 7.92. The number of halogens is 4. The molecule has 3 nitrogen and oxygen atoms in total. The molecular weight excluding hydrogens is 424 g/mol. The Kier molecular flexibility index (Phi) is 5.56. The summed E-state index contributed by atoms with van der Waals surface area (Å²) in [5.41, 5.74) is 4.06. The van der Waals surface area contributed by atoms with Gasteiger partial charge in [-0.25, -0.2) is 4.68 Å². The summed E-state index contributed by atoms with van der Waals surface area (Å²) in [6.45, 7) is 0.911. The summed E-state index contributed by atoms with van der Waals surface area (Å²) in [6.07, 6.45) is 3.84. The van der Waals surface area contributed by atoms with E-state index in [1.54, 1.807) is 12.1 Å². The van der Waals surface area contributed by atoms with Crippen LogP contribution in [0.15, 0.2) is 36.4 Å². The van der Waals surface area contributed by atoms with Crippen LogP contribution in [0.5, 0.6) is 0 Å². The van der Waals surface area contributed by atoms with Gasteiger partial charge in [0.1, 0.15) is 5.82 Å². The van der Waals surface area contributed by atoms with Crippen molar-refractivity contribution in [2.45, 2.75) is 25.7 Å². The molecule has 3 aromatic rings. The average Bonchev–Trinajstić information content (AvgIpc) is 2.77. The number of hydrogen-bond acceptors (Lipinski definition) is 2. The van der Waals surface area contributed by atoms with Gasteiger partial charge in [-0.15, -0.1) is 0 Å². The molecule has 0 amide bonds. The van der Waals surface area contributed by atoms with Crippen LogP contribution < -0.4 is 5.32 Å². The fourth-order valence-electron chi connectivity index (χ4n) is 3.41. The zero-order valence-electron chi connectivity index (χ0n) is 14.4. The number of nitrogens with zero attached hydrogens (tertiary/aromatic N) is 2. The van der Waals surface area contributed by atoms with Gasteiger partial charge in [0.2, 0.25) is 0 Å². The van der Waals surface area contributed by atoms with Crippen molar-refractivity contribution in [1.29, 1.82) is 0 Å². The van der Waals surface area contributed by atoms with Gasteiger partial charge >= 0.3 is 0 Å². The standard InChI is InChI=1S/C20H17Cl4N3/c21-13-5-4-12(18(24)11-13)7-19-17-3-1-2-6-25-20(17)27(26-19)16-9-14(22)8-15(23)10-16/h4-5,8-11,25H,1-3,6-7H2. The maximum Gasteiger partial charge on any atom is 0.133 e. The van der Waals surface area contributed by atoms with Gasteiger partial charge in [0, 0.05) is 38.6 Å². The lowest BCUT2D eigenvalue weighted by atomic mass is 10.0. The Bertz CT molecular complexity index is 977. The van der Waals surface area contributed by atoms with Crippen molar-refractivity contribution in [2.24, 2.45) is 0 Å². The van der Waals surface area contributed by atoms with Crippen LogP contribution in [0.2, 0.25) is 20.1 Å². The maximum atomic E-state index is 6.39. The van der Waals surface area contributed by atoms with E-state index in [0.29, 0.717) is 26.5 Å². The Morgan fingerprint density at radius 1 is 0.926 bits per heavy atom. The predicted octanol–water partition coefficient (Wildman–Crippen LogP) is 6.82. The predicted molar refractivity (Wildman–Crippen MR) is 114 cm³/mol. The molecule has 2 aromatic carbocycles. The molecule has 0 unspecified atom stereocenters. The number of hydrogen-bond donors (Lipinski definition) is 1. The summed E-state index contributed by atoms with van der Waals surface area (Å²) in [5, 5.41) is 10.9. The Labute approximate surface area is 178 Å². The molecule has 0 saturated carbocycles. The monoisotopic (exact) mass is 439 g/mol. The van der Waals surface area contributed by atoms with Crippen LogP contribution in [0.25, 0.3) is 5.69 Å². The molecule has 1 aliphatic rings. The Morgan fingerprint density at radius 2 is 1.70 bits per heavy atom. The van der Waals surface area contributed by atoms with Gasteiger partial charge in [-0.05, 0) is 55.2 Å². The lowest BCUT2D eigenvalue weighted by Gasteiger charge is -2.10. The molecule has 0 radical (unpaired) electrons. The van der Waals surface area contributed by atoms with Crippen LogP contribution in [0, 0.1) is 0 Å².